The van der Waals surface area contributed by atoms with Gasteiger partial charge in [-0.1, -0.05) is 0 Å². The summed E-state index contributed by atoms with van der Waals surface area (Å²) in [5.41, 5.74) is 6.37. The Hall–Kier alpha value is -2.22. The van der Waals surface area contributed by atoms with Crippen LogP contribution in [0.4, 0.5) is 5.69 Å². The number of hydrogen-bond donors (Lipinski definition) is 1. The van der Waals surface area contributed by atoms with E-state index in [4.69, 9.17) is 15.7 Å². The van der Waals surface area contributed by atoms with Gasteiger partial charge in [0.25, 0.3) is 5.91 Å². The second-order valence-corrected chi connectivity index (χ2v) is 3.86. The molecule has 1 amide bonds. The number of anilines is 1. The van der Waals surface area contributed by atoms with E-state index in [1.54, 1.807) is 33.2 Å². The van der Waals surface area contributed by atoms with Gasteiger partial charge in [0.1, 0.15) is 11.8 Å². The maximum atomic E-state index is 11.6. The van der Waals surface area contributed by atoms with Gasteiger partial charge in [-0.05, 0) is 25.1 Å². The summed E-state index contributed by atoms with van der Waals surface area (Å²) in [5.74, 6) is 0.204. The SMILES string of the molecule is CC(Oc1ccc(N)cc1C#N)C(=O)N(C)C. The van der Waals surface area contributed by atoms with Crippen LogP contribution in [-0.4, -0.2) is 31.0 Å². The van der Waals surface area contributed by atoms with Gasteiger partial charge in [0.05, 0.1) is 5.56 Å². The van der Waals surface area contributed by atoms with Gasteiger partial charge >= 0.3 is 0 Å². The van der Waals surface area contributed by atoms with Gasteiger partial charge in [-0.2, -0.15) is 5.26 Å². The van der Waals surface area contributed by atoms with Gasteiger partial charge < -0.3 is 15.4 Å². The van der Waals surface area contributed by atoms with Crippen LogP contribution in [0.15, 0.2) is 18.2 Å². The molecule has 0 radical (unpaired) electrons. The van der Waals surface area contributed by atoms with E-state index in [-0.39, 0.29) is 5.91 Å². The molecule has 0 spiro atoms. The summed E-state index contributed by atoms with van der Waals surface area (Å²) in [6, 6.07) is 6.71. The van der Waals surface area contributed by atoms with Gasteiger partial charge in [-0.25, -0.2) is 0 Å². The highest BCUT2D eigenvalue weighted by Gasteiger charge is 2.17. The maximum absolute atomic E-state index is 11.6. The number of likely N-dealkylation sites (N-methyl/N-ethyl adjacent to an activating group) is 1. The molecule has 0 saturated carbocycles. The summed E-state index contributed by atoms with van der Waals surface area (Å²) in [7, 11) is 3.30. The van der Waals surface area contributed by atoms with E-state index in [1.807, 2.05) is 6.07 Å². The first-order valence-corrected chi connectivity index (χ1v) is 5.13. The van der Waals surface area contributed by atoms with Crippen molar-refractivity contribution in [3.63, 3.8) is 0 Å². The number of nitriles is 1. The molecular weight excluding hydrogens is 218 g/mol. The number of carbonyl (C=O) groups is 1. The van der Waals surface area contributed by atoms with Gasteiger partial charge in [0.15, 0.2) is 6.10 Å². The highest BCUT2D eigenvalue weighted by molar-refractivity contribution is 5.80. The Balaban J connectivity index is 2.89. The Morgan fingerprint density at radius 1 is 1.53 bits per heavy atom. The fourth-order valence-corrected chi connectivity index (χ4v) is 1.34. The van der Waals surface area contributed by atoms with Gasteiger partial charge in [0.2, 0.25) is 0 Å². The van der Waals surface area contributed by atoms with Crippen LogP contribution in [0.25, 0.3) is 0 Å². The fourth-order valence-electron chi connectivity index (χ4n) is 1.34. The molecule has 17 heavy (non-hydrogen) atoms. The smallest absolute Gasteiger partial charge is 0.262 e. The number of rotatable bonds is 3. The predicted octanol–water partition coefficient (Wildman–Crippen LogP) is 0.996. The van der Waals surface area contributed by atoms with Crippen LogP contribution in [0.3, 0.4) is 0 Å². The molecule has 0 heterocycles. The molecule has 0 aliphatic carbocycles. The summed E-state index contributed by atoms with van der Waals surface area (Å²) < 4.78 is 5.45. The standard InChI is InChI=1S/C12H15N3O2/c1-8(12(16)15(2)3)17-11-5-4-10(14)6-9(11)7-13/h4-6,8H,14H2,1-3H3. The van der Waals surface area contributed by atoms with Gasteiger partial charge in [-0.3, -0.25) is 4.79 Å². The average Bonchev–Trinajstić information content (AvgIpc) is 2.30. The van der Waals surface area contributed by atoms with Crippen LogP contribution < -0.4 is 10.5 Å². The third kappa shape index (κ3) is 3.11. The summed E-state index contributed by atoms with van der Waals surface area (Å²) in [6.45, 7) is 1.64. The minimum absolute atomic E-state index is 0.161. The zero-order valence-electron chi connectivity index (χ0n) is 10.1. The molecule has 90 valence electrons. The van der Waals surface area contributed by atoms with Crippen LogP contribution in [0.2, 0.25) is 0 Å². The van der Waals surface area contributed by atoms with Crippen molar-refractivity contribution < 1.29 is 9.53 Å². The van der Waals surface area contributed by atoms with Crippen molar-refractivity contribution in [2.75, 3.05) is 19.8 Å². The number of nitrogens with zero attached hydrogens (tertiary/aromatic N) is 2. The normalized spacial score (nSPS) is 11.4. The van der Waals surface area contributed by atoms with Crippen molar-refractivity contribution in [2.45, 2.75) is 13.0 Å². The first-order chi connectivity index (χ1) is 7.95. The number of carbonyl (C=O) groups excluding carboxylic acids is 1. The maximum Gasteiger partial charge on any atom is 0.262 e. The molecule has 5 nitrogen and oxygen atoms in total. The van der Waals surface area contributed by atoms with Crippen LogP contribution in [0.5, 0.6) is 5.75 Å². The lowest BCUT2D eigenvalue weighted by atomic mass is 10.2. The highest BCUT2D eigenvalue weighted by Crippen LogP contribution is 2.21. The van der Waals surface area contributed by atoms with Gasteiger partial charge in [-0.15, -0.1) is 0 Å². The topological polar surface area (TPSA) is 79.3 Å². The van der Waals surface area contributed by atoms with Crippen molar-refractivity contribution >= 4 is 11.6 Å². The van der Waals surface area contributed by atoms with E-state index in [1.165, 1.54) is 11.0 Å². The Kier molecular flexibility index (Phi) is 3.94. The molecule has 0 aliphatic heterocycles. The van der Waals surface area contributed by atoms with E-state index in [0.717, 1.165) is 0 Å². The Labute approximate surface area is 100 Å². The number of nitrogen functional groups attached to an aromatic ring is 1. The molecule has 1 atom stereocenters. The molecule has 5 heteroatoms. The predicted molar refractivity (Wildman–Crippen MR) is 64.4 cm³/mol. The van der Waals surface area contributed by atoms with Crippen molar-refractivity contribution in [1.29, 1.82) is 5.26 Å². The number of amides is 1. The summed E-state index contributed by atoms with van der Waals surface area (Å²) in [6.07, 6.45) is -0.638. The zero-order chi connectivity index (χ0) is 13.0. The molecular formula is C12H15N3O2. The number of hydrogen-bond acceptors (Lipinski definition) is 4. The largest absolute Gasteiger partial charge is 0.480 e. The third-order valence-electron chi connectivity index (χ3n) is 2.22. The molecule has 0 saturated heterocycles. The molecule has 0 fully saturated rings. The van der Waals surface area contributed by atoms with Crippen molar-refractivity contribution in [1.82, 2.24) is 4.90 Å². The first-order valence-electron chi connectivity index (χ1n) is 5.13. The van der Waals surface area contributed by atoms with Crippen LogP contribution in [-0.2, 0) is 4.79 Å². The molecule has 1 unspecified atom stereocenters. The average molecular weight is 233 g/mol. The van der Waals surface area contributed by atoms with E-state index in [9.17, 15) is 4.79 Å². The lowest BCUT2D eigenvalue weighted by molar-refractivity contribution is -0.135. The Morgan fingerprint density at radius 2 is 2.18 bits per heavy atom. The molecule has 1 rings (SSSR count). The van der Waals surface area contributed by atoms with E-state index in [2.05, 4.69) is 0 Å². The number of ether oxygens (including phenoxy) is 1. The second-order valence-electron chi connectivity index (χ2n) is 3.86. The molecule has 0 bridgehead atoms. The van der Waals surface area contributed by atoms with E-state index >= 15 is 0 Å². The van der Waals surface area contributed by atoms with Crippen LogP contribution >= 0.6 is 0 Å². The summed E-state index contributed by atoms with van der Waals surface area (Å²) >= 11 is 0. The molecule has 2 N–H and O–H groups in total. The monoisotopic (exact) mass is 233 g/mol. The van der Waals surface area contributed by atoms with Crippen LogP contribution in [0.1, 0.15) is 12.5 Å². The molecule has 0 aliphatic rings. The number of benzene rings is 1. The zero-order valence-corrected chi connectivity index (χ0v) is 10.1. The van der Waals surface area contributed by atoms with Crippen molar-refractivity contribution in [3.8, 4) is 11.8 Å². The third-order valence-corrected chi connectivity index (χ3v) is 2.22. The lowest BCUT2D eigenvalue weighted by Gasteiger charge is -2.18. The minimum Gasteiger partial charge on any atom is -0.480 e. The lowest BCUT2D eigenvalue weighted by Crippen LogP contribution is -2.35. The Morgan fingerprint density at radius 3 is 2.71 bits per heavy atom. The molecule has 1 aromatic rings. The van der Waals surface area contributed by atoms with Crippen molar-refractivity contribution in [2.24, 2.45) is 0 Å². The van der Waals surface area contributed by atoms with Gasteiger partial charge in [0, 0.05) is 19.8 Å². The molecule has 1 aromatic carbocycles. The second kappa shape index (κ2) is 5.21. The fraction of sp³-hybridized carbons (Fsp3) is 0.333. The Bertz CT molecular complexity index is 463. The van der Waals surface area contributed by atoms with E-state index < -0.39 is 6.10 Å². The summed E-state index contributed by atoms with van der Waals surface area (Å²) in [4.78, 5) is 13.0. The quantitative estimate of drug-likeness (QED) is 0.790. The van der Waals surface area contributed by atoms with E-state index in [0.29, 0.717) is 17.0 Å². The van der Waals surface area contributed by atoms with Crippen molar-refractivity contribution in [3.05, 3.63) is 23.8 Å². The number of nitrogens with two attached hydrogens (primary N) is 1. The highest BCUT2D eigenvalue weighted by atomic mass is 16.5. The minimum atomic E-state index is -0.638. The summed E-state index contributed by atoms with van der Waals surface area (Å²) in [5, 5.41) is 8.92. The van der Waals surface area contributed by atoms with Crippen LogP contribution in [0, 0.1) is 11.3 Å². The first kappa shape index (κ1) is 12.8. The molecule has 0 aromatic heterocycles.